The molecule has 21 heavy (non-hydrogen) atoms. The highest BCUT2D eigenvalue weighted by Gasteiger charge is 2.24. The second-order valence-corrected chi connectivity index (χ2v) is 6.01. The summed E-state index contributed by atoms with van der Waals surface area (Å²) < 4.78 is 0. The SMILES string of the molecule is CC(=O)N(CCC(=O)NC1CC1)c1c(C)cc(C)cc1C. The molecule has 1 aliphatic rings. The summed E-state index contributed by atoms with van der Waals surface area (Å²) in [4.78, 5) is 25.5. The number of carbonyl (C=O) groups excluding carboxylic acids is 2. The molecule has 1 fully saturated rings. The third-order valence-corrected chi connectivity index (χ3v) is 3.79. The fourth-order valence-electron chi connectivity index (χ4n) is 2.77. The molecule has 0 aliphatic heterocycles. The molecule has 1 aromatic rings. The summed E-state index contributed by atoms with van der Waals surface area (Å²) in [6.45, 7) is 8.05. The Balaban J connectivity index is 2.11. The molecule has 0 unspecified atom stereocenters. The number of rotatable bonds is 5. The molecule has 114 valence electrons. The van der Waals surface area contributed by atoms with Crippen molar-refractivity contribution in [3.05, 3.63) is 28.8 Å². The molecule has 1 aliphatic carbocycles. The van der Waals surface area contributed by atoms with Gasteiger partial charge in [-0.2, -0.15) is 0 Å². The normalized spacial score (nSPS) is 13.9. The number of carbonyl (C=O) groups is 2. The predicted octanol–water partition coefficient (Wildman–Crippen LogP) is 2.63. The Morgan fingerprint density at radius 1 is 1.19 bits per heavy atom. The minimum absolute atomic E-state index is 0.0238. The summed E-state index contributed by atoms with van der Waals surface area (Å²) in [6, 6.07) is 4.51. The van der Waals surface area contributed by atoms with Crippen LogP contribution in [0.2, 0.25) is 0 Å². The minimum atomic E-state index is -0.0238. The smallest absolute Gasteiger partial charge is 0.223 e. The molecule has 0 bridgehead atoms. The molecule has 2 amide bonds. The van der Waals surface area contributed by atoms with Gasteiger partial charge >= 0.3 is 0 Å². The molecular weight excluding hydrogens is 264 g/mol. The molecule has 4 nitrogen and oxygen atoms in total. The van der Waals surface area contributed by atoms with Crippen molar-refractivity contribution < 1.29 is 9.59 Å². The maximum absolute atomic E-state index is 12.0. The van der Waals surface area contributed by atoms with E-state index >= 15 is 0 Å². The Kier molecular flexibility index (Phi) is 4.66. The second-order valence-electron chi connectivity index (χ2n) is 6.01. The van der Waals surface area contributed by atoms with Gasteiger partial charge < -0.3 is 10.2 Å². The maximum atomic E-state index is 12.0. The number of aryl methyl sites for hydroxylation is 3. The van der Waals surface area contributed by atoms with Crippen LogP contribution in [-0.4, -0.2) is 24.4 Å². The number of benzene rings is 1. The van der Waals surface area contributed by atoms with Crippen molar-refractivity contribution in [1.82, 2.24) is 5.32 Å². The van der Waals surface area contributed by atoms with E-state index in [0.717, 1.165) is 29.7 Å². The standard InChI is InChI=1S/C17H24N2O2/c1-11-9-12(2)17(13(3)10-11)19(14(4)20)8-7-16(21)18-15-5-6-15/h9-10,15H,5-8H2,1-4H3,(H,18,21). The highest BCUT2D eigenvalue weighted by Crippen LogP contribution is 2.27. The lowest BCUT2D eigenvalue weighted by atomic mass is 10.0. The average molecular weight is 288 g/mol. The molecule has 0 spiro atoms. The zero-order valence-electron chi connectivity index (χ0n) is 13.3. The Hall–Kier alpha value is -1.84. The van der Waals surface area contributed by atoms with Crippen LogP contribution in [0.4, 0.5) is 5.69 Å². The maximum Gasteiger partial charge on any atom is 0.223 e. The largest absolute Gasteiger partial charge is 0.353 e. The van der Waals surface area contributed by atoms with E-state index in [0.29, 0.717) is 19.0 Å². The lowest BCUT2D eigenvalue weighted by Gasteiger charge is -2.25. The monoisotopic (exact) mass is 288 g/mol. The van der Waals surface area contributed by atoms with Crippen molar-refractivity contribution in [3.63, 3.8) is 0 Å². The Labute approximate surface area is 126 Å². The van der Waals surface area contributed by atoms with Gasteiger partial charge in [0.25, 0.3) is 0 Å². The van der Waals surface area contributed by atoms with Crippen LogP contribution in [0.5, 0.6) is 0 Å². The van der Waals surface area contributed by atoms with Crippen LogP contribution in [0.15, 0.2) is 12.1 Å². The summed E-state index contributed by atoms with van der Waals surface area (Å²) >= 11 is 0. The van der Waals surface area contributed by atoms with Crippen LogP contribution in [0, 0.1) is 20.8 Å². The topological polar surface area (TPSA) is 49.4 Å². The number of hydrogen-bond donors (Lipinski definition) is 1. The van der Waals surface area contributed by atoms with E-state index in [1.165, 1.54) is 5.56 Å². The van der Waals surface area contributed by atoms with Gasteiger partial charge in [0.1, 0.15) is 0 Å². The molecule has 0 aromatic heterocycles. The van der Waals surface area contributed by atoms with E-state index in [2.05, 4.69) is 17.4 Å². The van der Waals surface area contributed by atoms with E-state index in [9.17, 15) is 9.59 Å². The van der Waals surface area contributed by atoms with Crippen molar-refractivity contribution in [1.29, 1.82) is 0 Å². The first kappa shape index (κ1) is 15.5. The van der Waals surface area contributed by atoms with Crippen LogP contribution < -0.4 is 10.2 Å². The van der Waals surface area contributed by atoms with Gasteiger partial charge in [0.15, 0.2) is 0 Å². The molecular formula is C17H24N2O2. The third-order valence-electron chi connectivity index (χ3n) is 3.79. The molecule has 4 heteroatoms. The van der Waals surface area contributed by atoms with Gasteiger partial charge in [-0.05, 0) is 44.7 Å². The van der Waals surface area contributed by atoms with Crippen molar-refractivity contribution in [2.75, 3.05) is 11.4 Å². The van der Waals surface area contributed by atoms with Crippen LogP contribution in [-0.2, 0) is 9.59 Å². The molecule has 0 heterocycles. The third kappa shape index (κ3) is 4.06. The predicted molar refractivity (Wildman–Crippen MR) is 84.5 cm³/mol. The highest BCUT2D eigenvalue weighted by atomic mass is 16.2. The Morgan fingerprint density at radius 2 is 1.76 bits per heavy atom. The average Bonchev–Trinajstić information content (AvgIpc) is 3.15. The fourth-order valence-corrected chi connectivity index (χ4v) is 2.77. The van der Waals surface area contributed by atoms with E-state index in [4.69, 9.17) is 0 Å². The van der Waals surface area contributed by atoms with Crippen LogP contribution in [0.3, 0.4) is 0 Å². The van der Waals surface area contributed by atoms with E-state index in [-0.39, 0.29) is 11.8 Å². The first-order valence-electron chi connectivity index (χ1n) is 7.54. The molecule has 1 saturated carbocycles. The molecule has 1 aromatic carbocycles. The van der Waals surface area contributed by atoms with Crippen molar-refractivity contribution >= 4 is 17.5 Å². The molecule has 1 N–H and O–H groups in total. The number of hydrogen-bond acceptors (Lipinski definition) is 2. The van der Waals surface area contributed by atoms with Crippen LogP contribution in [0.25, 0.3) is 0 Å². The number of anilines is 1. The fraction of sp³-hybridized carbons (Fsp3) is 0.529. The van der Waals surface area contributed by atoms with Crippen LogP contribution in [0.1, 0.15) is 42.9 Å². The zero-order valence-corrected chi connectivity index (χ0v) is 13.3. The summed E-state index contributed by atoms with van der Waals surface area (Å²) in [5.41, 5.74) is 4.27. The summed E-state index contributed by atoms with van der Waals surface area (Å²) in [5.74, 6) is 0.00967. The molecule has 0 radical (unpaired) electrons. The van der Waals surface area contributed by atoms with Gasteiger partial charge in [-0.3, -0.25) is 9.59 Å². The van der Waals surface area contributed by atoms with E-state index in [1.807, 2.05) is 20.8 Å². The van der Waals surface area contributed by atoms with Gasteiger partial charge in [0.05, 0.1) is 0 Å². The first-order valence-corrected chi connectivity index (χ1v) is 7.54. The highest BCUT2D eigenvalue weighted by molar-refractivity contribution is 5.94. The molecule has 2 rings (SSSR count). The van der Waals surface area contributed by atoms with Crippen molar-refractivity contribution in [3.8, 4) is 0 Å². The summed E-state index contributed by atoms with van der Waals surface area (Å²) in [7, 11) is 0. The molecule has 0 atom stereocenters. The number of nitrogens with zero attached hydrogens (tertiary/aromatic N) is 1. The molecule has 0 saturated heterocycles. The lowest BCUT2D eigenvalue weighted by molar-refractivity contribution is -0.121. The van der Waals surface area contributed by atoms with Gasteiger partial charge in [-0.1, -0.05) is 17.7 Å². The lowest BCUT2D eigenvalue weighted by Crippen LogP contribution is -2.35. The number of amides is 2. The summed E-state index contributed by atoms with van der Waals surface area (Å²) in [5, 5.41) is 2.96. The van der Waals surface area contributed by atoms with E-state index < -0.39 is 0 Å². The Morgan fingerprint density at radius 3 is 2.24 bits per heavy atom. The van der Waals surface area contributed by atoms with Gasteiger partial charge in [-0.25, -0.2) is 0 Å². The van der Waals surface area contributed by atoms with Crippen molar-refractivity contribution in [2.24, 2.45) is 0 Å². The van der Waals surface area contributed by atoms with E-state index in [1.54, 1.807) is 11.8 Å². The zero-order chi connectivity index (χ0) is 15.6. The second kappa shape index (κ2) is 6.29. The minimum Gasteiger partial charge on any atom is -0.353 e. The van der Waals surface area contributed by atoms with Gasteiger partial charge in [-0.15, -0.1) is 0 Å². The van der Waals surface area contributed by atoms with Crippen LogP contribution >= 0.6 is 0 Å². The Bertz CT molecular complexity index is 539. The van der Waals surface area contributed by atoms with Gasteiger partial charge in [0, 0.05) is 31.6 Å². The van der Waals surface area contributed by atoms with Crippen molar-refractivity contribution in [2.45, 2.75) is 53.0 Å². The quantitative estimate of drug-likeness (QED) is 0.905. The summed E-state index contributed by atoms with van der Waals surface area (Å²) in [6.07, 6.45) is 2.51. The van der Waals surface area contributed by atoms with Gasteiger partial charge in [0.2, 0.25) is 11.8 Å². The first-order chi connectivity index (χ1) is 9.88. The number of nitrogens with one attached hydrogen (secondary N) is 1.